The summed E-state index contributed by atoms with van der Waals surface area (Å²) >= 11 is 1.76. The van der Waals surface area contributed by atoms with Crippen LogP contribution in [0, 0.1) is 16.7 Å². The van der Waals surface area contributed by atoms with Crippen LogP contribution in [0.3, 0.4) is 0 Å². The first-order chi connectivity index (χ1) is 9.63. The molecule has 1 aromatic carbocycles. The smallest absolute Gasteiger partial charge is 0.103 e. The number of thioether (sulfide) groups is 1. The fourth-order valence-electron chi connectivity index (χ4n) is 2.81. The third-order valence-electron chi connectivity index (χ3n) is 4.58. The third kappa shape index (κ3) is 3.12. The predicted molar refractivity (Wildman–Crippen MR) is 87.4 cm³/mol. The lowest BCUT2D eigenvalue weighted by Gasteiger charge is -2.40. The van der Waals surface area contributed by atoms with Crippen LogP contribution in [0.25, 0.3) is 0 Å². The van der Waals surface area contributed by atoms with Crippen LogP contribution in [-0.2, 0) is 0 Å². The maximum Gasteiger partial charge on any atom is 0.103 e. The number of rotatable bonds is 4. The van der Waals surface area contributed by atoms with Gasteiger partial charge >= 0.3 is 0 Å². The molecular formula is C17H24N2S. The monoisotopic (exact) mass is 288 g/mol. The number of hydrogen-bond donors (Lipinski definition) is 0. The van der Waals surface area contributed by atoms with Crippen molar-refractivity contribution in [1.29, 1.82) is 5.26 Å². The second-order valence-electron chi connectivity index (χ2n) is 5.85. The van der Waals surface area contributed by atoms with Crippen LogP contribution < -0.4 is 4.90 Å². The fourth-order valence-corrected chi connectivity index (χ4v) is 3.59. The molecule has 3 heteroatoms. The van der Waals surface area contributed by atoms with Gasteiger partial charge in [-0.3, -0.25) is 0 Å². The maximum absolute atomic E-state index is 9.52. The fraction of sp³-hybridized carbons (Fsp3) is 0.588. The summed E-state index contributed by atoms with van der Waals surface area (Å²) in [6, 6.07) is 8.67. The van der Waals surface area contributed by atoms with Crippen molar-refractivity contribution < 1.29 is 0 Å². The normalized spacial score (nSPS) is 17.8. The van der Waals surface area contributed by atoms with Crippen LogP contribution in [0.4, 0.5) is 5.69 Å². The Hall–Kier alpha value is -1.14. The Morgan fingerprint density at radius 3 is 2.55 bits per heavy atom. The third-order valence-corrected chi connectivity index (χ3v) is 5.52. The summed E-state index contributed by atoms with van der Waals surface area (Å²) in [6.07, 6.45) is 3.69. The second-order valence-corrected chi connectivity index (χ2v) is 7.15. The van der Waals surface area contributed by atoms with Crippen molar-refractivity contribution in [2.75, 3.05) is 23.7 Å². The zero-order chi connectivity index (χ0) is 14.6. The molecular weight excluding hydrogens is 264 g/mol. The number of benzene rings is 1. The topological polar surface area (TPSA) is 27.0 Å². The van der Waals surface area contributed by atoms with E-state index in [-0.39, 0.29) is 0 Å². The van der Waals surface area contributed by atoms with Crippen LogP contribution >= 0.6 is 11.8 Å². The second kappa shape index (κ2) is 6.54. The standard InChI is InChI=1S/C17H24N2S/c1-4-17(3)9-11-19(12-10-17)15-7-6-8-16(20-5-2)14(15)13-18/h6-8H,4-5,9-12H2,1-3H3. The lowest BCUT2D eigenvalue weighted by atomic mass is 9.78. The molecule has 0 saturated carbocycles. The van der Waals surface area contributed by atoms with Crippen molar-refractivity contribution in [3.8, 4) is 6.07 Å². The number of hydrogen-bond acceptors (Lipinski definition) is 3. The number of nitrogens with zero attached hydrogens (tertiary/aromatic N) is 2. The van der Waals surface area contributed by atoms with Gasteiger partial charge in [0.1, 0.15) is 6.07 Å². The average Bonchev–Trinajstić information content (AvgIpc) is 2.48. The molecule has 0 aliphatic carbocycles. The molecule has 1 aromatic rings. The van der Waals surface area contributed by atoms with Gasteiger partial charge in [0.05, 0.1) is 11.3 Å². The summed E-state index contributed by atoms with van der Waals surface area (Å²) in [5.74, 6) is 1.01. The molecule has 20 heavy (non-hydrogen) atoms. The highest BCUT2D eigenvalue weighted by molar-refractivity contribution is 7.99. The van der Waals surface area contributed by atoms with Crippen LogP contribution in [-0.4, -0.2) is 18.8 Å². The first-order valence-corrected chi connectivity index (χ1v) is 8.53. The summed E-state index contributed by atoms with van der Waals surface area (Å²) in [5.41, 5.74) is 2.47. The van der Waals surface area contributed by atoms with E-state index in [1.54, 1.807) is 11.8 Å². The first-order valence-electron chi connectivity index (χ1n) is 7.54. The summed E-state index contributed by atoms with van der Waals surface area (Å²) in [7, 11) is 0. The molecule has 0 radical (unpaired) electrons. The lowest BCUT2D eigenvalue weighted by molar-refractivity contribution is 0.238. The number of anilines is 1. The van der Waals surface area contributed by atoms with Crippen LogP contribution in [0.5, 0.6) is 0 Å². The minimum atomic E-state index is 0.485. The molecule has 1 aliphatic heterocycles. The van der Waals surface area contributed by atoms with E-state index in [0.717, 1.165) is 35.0 Å². The Kier molecular flexibility index (Phi) is 4.99. The molecule has 0 amide bonds. The van der Waals surface area contributed by atoms with Gasteiger partial charge < -0.3 is 4.90 Å². The Morgan fingerprint density at radius 1 is 1.30 bits per heavy atom. The van der Waals surface area contributed by atoms with E-state index >= 15 is 0 Å². The number of piperidine rings is 1. The SMILES string of the molecule is CCSc1cccc(N2CCC(C)(CC)CC2)c1C#N. The molecule has 0 spiro atoms. The van der Waals surface area contributed by atoms with Gasteiger partial charge in [-0.2, -0.15) is 5.26 Å². The van der Waals surface area contributed by atoms with E-state index in [9.17, 15) is 5.26 Å². The van der Waals surface area contributed by atoms with E-state index in [4.69, 9.17) is 0 Å². The van der Waals surface area contributed by atoms with Gasteiger partial charge in [-0.05, 0) is 36.1 Å². The van der Waals surface area contributed by atoms with E-state index in [2.05, 4.69) is 49.9 Å². The van der Waals surface area contributed by atoms with Crippen LogP contribution in [0.15, 0.2) is 23.1 Å². The summed E-state index contributed by atoms with van der Waals surface area (Å²) < 4.78 is 0. The van der Waals surface area contributed by atoms with E-state index in [0.29, 0.717) is 5.41 Å². The molecule has 2 rings (SSSR count). The quantitative estimate of drug-likeness (QED) is 0.752. The Morgan fingerprint density at radius 2 is 2.00 bits per heavy atom. The highest BCUT2D eigenvalue weighted by Crippen LogP contribution is 2.38. The highest BCUT2D eigenvalue weighted by atomic mass is 32.2. The van der Waals surface area contributed by atoms with E-state index in [1.165, 1.54) is 19.3 Å². The predicted octanol–water partition coefficient (Wildman–Crippen LogP) is 4.69. The van der Waals surface area contributed by atoms with Crippen molar-refractivity contribution in [2.24, 2.45) is 5.41 Å². The molecule has 0 N–H and O–H groups in total. The van der Waals surface area contributed by atoms with Crippen molar-refractivity contribution >= 4 is 17.4 Å². The minimum Gasteiger partial charge on any atom is -0.370 e. The highest BCUT2D eigenvalue weighted by Gasteiger charge is 2.29. The van der Waals surface area contributed by atoms with Crippen LogP contribution in [0.1, 0.15) is 45.6 Å². The summed E-state index contributed by atoms with van der Waals surface area (Å²) in [6.45, 7) is 8.94. The molecule has 1 fully saturated rings. The molecule has 1 heterocycles. The lowest BCUT2D eigenvalue weighted by Crippen LogP contribution is -2.38. The average molecular weight is 288 g/mol. The van der Waals surface area contributed by atoms with E-state index < -0.39 is 0 Å². The molecule has 0 aromatic heterocycles. The number of nitriles is 1. The van der Waals surface area contributed by atoms with Gasteiger partial charge in [0, 0.05) is 18.0 Å². The van der Waals surface area contributed by atoms with Crippen molar-refractivity contribution in [1.82, 2.24) is 0 Å². The van der Waals surface area contributed by atoms with Crippen LogP contribution in [0.2, 0.25) is 0 Å². The minimum absolute atomic E-state index is 0.485. The van der Waals surface area contributed by atoms with E-state index in [1.807, 2.05) is 0 Å². The Labute approximate surface area is 127 Å². The van der Waals surface area contributed by atoms with Gasteiger partial charge in [-0.25, -0.2) is 0 Å². The van der Waals surface area contributed by atoms with Crippen molar-refractivity contribution in [3.63, 3.8) is 0 Å². The van der Waals surface area contributed by atoms with Gasteiger partial charge in [0.2, 0.25) is 0 Å². The molecule has 0 bridgehead atoms. The molecule has 108 valence electrons. The van der Waals surface area contributed by atoms with Gasteiger partial charge in [-0.15, -0.1) is 11.8 Å². The zero-order valence-electron chi connectivity index (χ0n) is 12.8. The van der Waals surface area contributed by atoms with Gasteiger partial charge in [0.15, 0.2) is 0 Å². The Bertz CT molecular complexity index is 496. The van der Waals surface area contributed by atoms with Crippen molar-refractivity contribution in [2.45, 2.75) is 44.9 Å². The largest absolute Gasteiger partial charge is 0.370 e. The molecule has 0 atom stereocenters. The molecule has 2 nitrogen and oxygen atoms in total. The summed E-state index contributed by atoms with van der Waals surface area (Å²) in [4.78, 5) is 3.52. The molecule has 0 unspecified atom stereocenters. The molecule has 1 aliphatic rings. The first kappa shape index (κ1) is 15.3. The molecule has 1 saturated heterocycles. The van der Waals surface area contributed by atoms with Crippen molar-refractivity contribution in [3.05, 3.63) is 23.8 Å². The van der Waals surface area contributed by atoms with Gasteiger partial charge in [-0.1, -0.05) is 33.3 Å². The van der Waals surface area contributed by atoms with Gasteiger partial charge in [0.25, 0.3) is 0 Å². The summed E-state index contributed by atoms with van der Waals surface area (Å²) in [5, 5.41) is 9.52. The Balaban J connectivity index is 2.22. The maximum atomic E-state index is 9.52. The zero-order valence-corrected chi connectivity index (χ0v) is 13.6.